The van der Waals surface area contributed by atoms with E-state index in [2.05, 4.69) is 5.32 Å². The average Bonchev–Trinajstić information content (AvgIpc) is 2.68. The van der Waals surface area contributed by atoms with E-state index in [9.17, 15) is 9.59 Å². The number of amides is 2. The Hall–Kier alpha value is -2.27. The normalized spacial score (nSPS) is 12.3. The topological polar surface area (TPSA) is 49.4 Å². The van der Waals surface area contributed by atoms with Gasteiger partial charge >= 0.3 is 0 Å². The molecule has 0 aromatic heterocycles. The molecule has 0 heterocycles. The highest BCUT2D eigenvalue weighted by Gasteiger charge is 2.30. The molecule has 2 aromatic rings. The van der Waals surface area contributed by atoms with Gasteiger partial charge in [0.15, 0.2) is 0 Å². The van der Waals surface area contributed by atoms with Crippen LogP contribution in [0.1, 0.15) is 51.7 Å². The molecule has 2 amide bonds. The van der Waals surface area contributed by atoms with Crippen molar-refractivity contribution in [3.63, 3.8) is 0 Å². The van der Waals surface area contributed by atoms with Crippen LogP contribution in [-0.2, 0) is 16.1 Å². The van der Waals surface area contributed by atoms with Gasteiger partial charge in [-0.25, -0.2) is 0 Å². The fraction of sp³-hybridized carbons (Fsp3) is 0.440. The predicted molar refractivity (Wildman–Crippen MR) is 125 cm³/mol. The van der Waals surface area contributed by atoms with E-state index in [-0.39, 0.29) is 17.4 Å². The number of hydrogen-bond donors (Lipinski definition) is 1. The number of thioether (sulfide) groups is 1. The first-order valence-corrected chi connectivity index (χ1v) is 11.5. The zero-order valence-electron chi connectivity index (χ0n) is 18.8. The largest absolute Gasteiger partial charge is 0.350 e. The second-order valence-corrected chi connectivity index (χ2v) is 9.69. The van der Waals surface area contributed by atoms with Crippen molar-refractivity contribution in [1.82, 2.24) is 10.2 Å². The standard InChI is InChI=1S/C25H34N2O2S/c1-6-22(24(29)26-25(3,4)5)27(18-20-13-11-10-12-19(20)2)23(28)16-17-30-21-14-8-7-9-15-21/h7-15,22H,6,16-18H2,1-5H3,(H,26,29). The Balaban J connectivity index is 2.17. The number of benzene rings is 2. The summed E-state index contributed by atoms with van der Waals surface area (Å²) < 4.78 is 0. The number of nitrogens with zero attached hydrogens (tertiary/aromatic N) is 1. The second kappa shape index (κ2) is 11.2. The molecule has 0 spiro atoms. The maximum atomic E-state index is 13.3. The Bertz CT molecular complexity index is 831. The maximum absolute atomic E-state index is 13.3. The van der Waals surface area contributed by atoms with E-state index < -0.39 is 6.04 Å². The minimum absolute atomic E-state index is 0.0117. The molecule has 2 aromatic carbocycles. The van der Waals surface area contributed by atoms with Crippen LogP contribution in [0.2, 0.25) is 0 Å². The number of rotatable bonds is 9. The van der Waals surface area contributed by atoms with Crippen molar-refractivity contribution in [3.8, 4) is 0 Å². The summed E-state index contributed by atoms with van der Waals surface area (Å²) in [6, 6.07) is 17.6. The zero-order chi connectivity index (χ0) is 22.1. The molecule has 4 nitrogen and oxygen atoms in total. The van der Waals surface area contributed by atoms with Crippen LogP contribution in [0.15, 0.2) is 59.5 Å². The lowest BCUT2D eigenvalue weighted by Crippen LogP contribution is -2.53. The molecule has 0 saturated carbocycles. The molecule has 2 rings (SSSR count). The molecular weight excluding hydrogens is 392 g/mol. The predicted octanol–water partition coefficient (Wildman–Crippen LogP) is 5.20. The summed E-state index contributed by atoms with van der Waals surface area (Å²) >= 11 is 1.67. The Morgan fingerprint density at radius 1 is 1.03 bits per heavy atom. The zero-order valence-corrected chi connectivity index (χ0v) is 19.6. The smallest absolute Gasteiger partial charge is 0.243 e. The highest BCUT2D eigenvalue weighted by atomic mass is 32.2. The van der Waals surface area contributed by atoms with E-state index >= 15 is 0 Å². The molecule has 0 saturated heterocycles. The fourth-order valence-corrected chi connectivity index (χ4v) is 4.12. The van der Waals surface area contributed by atoms with Gasteiger partial charge < -0.3 is 10.2 Å². The van der Waals surface area contributed by atoms with E-state index in [0.29, 0.717) is 25.1 Å². The molecule has 0 radical (unpaired) electrons. The van der Waals surface area contributed by atoms with Gasteiger partial charge in [0.1, 0.15) is 6.04 Å². The van der Waals surface area contributed by atoms with Gasteiger partial charge in [0.05, 0.1) is 0 Å². The van der Waals surface area contributed by atoms with E-state index in [4.69, 9.17) is 0 Å². The molecule has 0 aliphatic carbocycles. The lowest BCUT2D eigenvalue weighted by atomic mass is 10.0. The maximum Gasteiger partial charge on any atom is 0.243 e. The van der Waals surface area contributed by atoms with Crippen LogP contribution in [0.25, 0.3) is 0 Å². The number of nitrogens with one attached hydrogen (secondary N) is 1. The van der Waals surface area contributed by atoms with Crippen LogP contribution in [0.4, 0.5) is 0 Å². The highest BCUT2D eigenvalue weighted by Crippen LogP contribution is 2.21. The minimum Gasteiger partial charge on any atom is -0.350 e. The van der Waals surface area contributed by atoms with Crippen LogP contribution in [0, 0.1) is 6.92 Å². The number of aryl methyl sites for hydroxylation is 1. The van der Waals surface area contributed by atoms with Crippen LogP contribution < -0.4 is 5.32 Å². The van der Waals surface area contributed by atoms with Crippen molar-refractivity contribution in [2.24, 2.45) is 0 Å². The van der Waals surface area contributed by atoms with Crippen LogP contribution in [0.3, 0.4) is 0 Å². The second-order valence-electron chi connectivity index (χ2n) is 8.52. The molecule has 5 heteroatoms. The molecule has 1 atom stereocenters. The van der Waals surface area contributed by atoms with E-state index in [1.165, 1.54) is 0 Å². The summed E-state index contributed by atoms with van der Waals surface area (Å²) in [6.45, 7) is 10.3. The van der Waals surface area contributed by atoms with E-state index in [1.54, 1.807) is 16.7 Å². The van der Waals surface area contributed by atoms with Gasteiger partial charge in [0, 0.05) is 29.2 Å². The summed E-state index contributed by atoms with van der Waals surface area (Å²) in [6.07, 6.45) is 0.968. The van der Waals surface area contributed by atoms with Gasteiger partial charge in [-0.1, -0.05) is 49.4 Å². The van der Waals surface area contributed by atoms with Gasteiger partial charge in [0.2, 0.25) is 11.8 Å². The van der Waals surface area contributed by atoms with E-state index in [1.807, 2.05) is 89.2 Å². The summed E-state index contributed by atoms with van der Waals surface area (Å²) in [5.74, 6) is 0.602. The third-order valence-corrected chi connectivity index (χ3v) is 5.83. The first-order valence-electron chi connectivity index (χ1n) is 10.5. The Labute approximate surface area is 185 Å². The number of carbonyl (C=O) groups excluding carboxylic acids is 2. The lowest BCUT2D eigenvalue weighted by Gasteiger charge is -2.33. The monoisotopic (exact) mass is 426 g/mol. The third kappa shape index (κ3) is 7.52. The van der Waals surface area contributed by atoms with Crippen LogP contribution >= 0.6 is 11.8 Å². The number of carbonyl (C=O) groups is 2. The fourth-order valence-electron chi connectivity index (χ4n) is 3.26. The van der Waals surface area contributed by atoms with Crippen molar-refractivity contribution in [2.75, 3.05) is 5.75 Å². The lowest BCUT2D eigenvalue weighted by molar-refractivity contribution is -0.141. The molecule has 0 aliphatic heterocycles. The molecule has 1 N–H and O–H groups in total. The molecular formula is C25H34N2O2S. The van der Waals surface area contributed by atoms with Crippen molar-refractivity contribution >= 4 is 23.6 Å². The first-order chi connectivity index (χ1) is 14.2. The quantitative estimate of drug-likeness (QED) is 0.561. The number of hydrogen-bond acceptors (Lipinski definition) is 3. The molecule has 162 valence electrons. The summed E-state index contributed by atoms with van der Waals surface area (Å²) in [7, 11) is 0. The Morgan fingerprint density at radius 2 is 1.67 bits per heavy atom. The van der Waals surface area contributed by atoms with Gasteiger partial charge in [-0.15, -0.1) is 11.8 Å². The molecule has 0 bridgehead atoms. The Morgan fingerprint density at radius 3 is 2.27 bits per heavy atom. The van der Waals surface area contributed by atoms with Crippen molar-refractivity contribution in [3.05, 3.63) is 65.7 Å². The highest BCUT2D eigenvalue weighted by molar-refractivity contribution is 7.99. The Kier molecular flexibility index (Phi) is 8.97. The van der Waals surface area contributed by atoms with Crippen LogP contribution in [0.5, 0.6) is 0 Å². The van der Waals surface area contributed by atoms with Gasteiger partial charge in [-0.3, -0.25) is 9.59 Å². The minimum atomic E-state index is -0.488. The molecule has 30 heavy (non-hydrogen) atoms. The summed E-state index contributed by atoms with van der Waals surface area (Å²) in [4.78, 5) is 29.2. The van der Waals surface area contributed by atoms with Crippen LogP contribution in [-0.4, -0.2) is 34.0 Å². The van der Waals surface area contributed by atoms with Crippen molar-refractivity contribution in [1.29, 1.82) is 0 Å². The SMILES string of the molecule is CCC(C(=O)NC(C)(C)C)N(Cc1ccccc1C)C(=O)CCSc1ccccc1. The summed E-state index contributed by atoms with van der Waals surface area (Å²) in [5.41, 5.74) is 1.86. The van der Waals surface area contributed by atoms with E-state index in [0.717, 1.165) is 16.0 Å². The van der Waals surface area contributed by atoms with Crippen molar-refractivity contribution in [2.45, 2.75) is 70.5 Å². The molecule has 1 unspecified atom stereocenters. The van der Waals surface area contributed by atoms with Gasteiger partial charge in [0.25, 0.3) is 0 Å². The first kappa shape index (κ1) is 24.0. The average molecular weight is 427 g/mol. The van der Waals surface area contributed by atoms with Gasteiger partial charge in [-0.2, -0.15) is 0 Å². The van der Waals surface area contributed by atoms with Crippen molar-refractivity contribution < 1.29 is 9.59 Å². The molecule has 0 aliphatic rings. The molecule has 0 fully saturated rings. The summed E-state index contributed by atoms with van der Waals surface area (Å²) in [5, 5.41) is 3.05. The third-order valence-electron chi connectivity index (χ3n) is 4.81. The van der Waals surface area contributed by atoms with Gasteiger partial charge in [-0.05, 0) is 57.4 Å².